The van der Waals surface area contributed by atoms with E-state index < -0.39 is 0 Å². The number of hydrogen-bond acceptors (Lipinski definition) is 4. The Labute approximate surface area is 168 Å². The zero-order valence-corrected chi connectivity index (χ0v) is 16.1. The molecule has 29 heavy (non-hydrogen) atoms. The molecule has 2 aromatic heterocycles. The molecule has 0 atom stereocenters. The maximum atomic E-state index is 12.3. The Balaban J connectivity index is 1.59. The number of aromatic nitrogens is 3. The Hall–Kier alpha value is -3.47. The van der Waals surface area contributed by atoms with E-state index in [2.05, 4.69) is 33.1 Å². The monoisotopic (exact) mass is 382 g/mol. The number of nitrogens with zero attached hydrogens (tertiary/aromatic N) is 3. The number of rotatable bonds is 3. The summed E-state index contributed by atoms with van der Waals surface area (Å²) < 4.78 is 0. The van der Waals surface area contributed by atoms with E-state index >= 15 is 0 Å². The Morgan fingerprint density at radius 2 is 1.62 bits per heavy atom. The summed E-state index contributed by atoms with van der Waals surface area (Å²) in [5, 5.41) is 1.71. The summed E-state index contributed by atoms with van der Waals surface area (Å²) in [4.78, 5) is 27.1. The van der Waals surface area contributed by atoms with Crippen molar-refractivity contribution in [3.8, 4) is 0 Å². The number of nitrogens with one attached hydrogen (secondary N) is 1. The molecule has 5 heteroatoms. The molecule has 4 aromatic rings. The molecule has 0 amide bonds. The number of benzene rings is 2. The van der Waals surface area contributed by atoms with Crippen LogP contribution in [0.3, 0.4) is 0 Å². The summed E-state index contributed by atoms with van der Waals surface area (Å²) in [6.07, 6.45) is 7.54. The molecule has 0 aliphatic carbocycles. The van der Waals surface area contributed by atoms with Crippen LogP contribution in [0.5, 0.6) is 0 Å². The van der Waals surface area contributed by atoms with Crippen LogP contribution < -0.4 is 10.5 Å². The molecule has 1 aliphatic rings. The molecule has 0 bridgehead atoms. The Bertz CT molecular complexity index is 1270. The molecule has 1 fully saturated rings. The van der Waals surface area contributed by atoms with Gasteiger partial charge in [-0.2, -0.15) is 0 Å². The predicted octanol–water partition coefficient (Wildman–Crippen LogP) is 4.63. The van der Waals surface area contributed by atoms with Crippen LogP contribution in [0.25, 0.3) is 34.0 Å². The summed E-state index contributed by atoms with van der Waals surface area (Å²) >= 11 is 0. The minimum atomic E-state index is -0.122. The molecular weight excluding hydrogens is 360 g/mol. The number of H-pyrrole nitrogens is 1. The average Bonchev–Trinajstić information content (AvgIpc) is 2.78. The largest absolute Gasteiger partial charge is 0.356 e. The third-order valence-electron chi connectivity index (χ3n) is 5.44. The van der Waals surface area contributed by atoms with E-state index in [-0.39, 0.29) is 5.56 Å². The van der Waals surface area contributed by atoms with Crippen molar-refractivity contribution in [2.24, 2.45) is 0 Å². The lowest BCUT2D eigenvalue weighted by Crippen LogP contribution is -2.30. The number of anilines is 1. The SMILES string of the molecule is O=c1[nH]c(C=Cc2cc3ccccc3nc2N2CCCCC2)nc2ccccc12. The maximum Gasteiger partial charge on any atom is 0.259 e. The zero-order valence-electron chi connectivity index (χ0n) is 16.1. The molecule has 5 nitrogen and oxygen atoms in total. The summed E-state index contributed by atoms with van der Waals surface area (Å²) in [5.41, 5.74) is 2.62. The lowest BCUT2D eigenvalue weighted by molar-refractivity contribution is 0.574. The van der Waals surface area contributed by atoms with Gasteiger partial charge in [0.1, 0.15) is 11.6 Å². The summed E-state index contributed by atoms with van der Waals surface area (Å²) in [5.74, 6) is 1.55. The number of aromatic amines is 1. The van der Waals surface area contributed by atoms with Gasteiger partial charge in [-0.3, -0.25) is 4.79 Å². The minimum Gasteiger partial charge on any atom is -0.356 e. The van der Waals surface area contributed by atoms with Gasteiger partial charge < -0.3 is 9.88 Å². The van der Waals surface area contributed by atoms with Crippen LogP contribution >= 0.6 is 0 Å². The second-order valence-electron chi connectivity index (χ2n) is 7.44. The van der Waals surface area contributed by atoms with Gasteiger partial charge in [-0.05, 0) is 55.7 Å². The minimum absolute atomic E-state index is 0.122. The first kappa shape index (κ1) is 17.6. The van der Waals surface area contributed by atoms with Crippen LogP contribution in [0.15, 0.2) is 59.4 Å². The van der Waals surface area contributed by atoms with Gasteiger partial charge in [0.2, 0.25) is 0 Å². The van der Waals surface area contributed by atoms with E-state index in [0.29, 0.717) is 16.7 Å². The summed E-state index contributed by atoms with van der Waals surface area (Å²) in [7, 11) is 0. The van der Waals surface area contributed by atoms with Crippen LogP contribution in [0, 0.1) is 0 Å². The highest BCUT2D eigenvalue weighted by Crippen LogP contribution is 2.27. The molecule has 3 heterocycles. The summed E-state index contributed by atoms with van der Waals surface area (Å²) in [6, 6.07) is 17.7. The predicted molar refractivity (Wildman–Crippen MR) is 119 cm³/mol. The third-order valence-corrected chi connectivity index (χ3v) is 5.44. The lowest BCUT2D eigenvalue weighted by atomic mass is 10.1. The van der Waals surface area contributed by atoms with Crippen molar-refractivity contribution in [2.75, 3.05) is 18.0 Å². The van der Waals surface area contributed by atoms with Crippen LogP contribution in [-0.2, 0) is 0 Å². The van der Waals surface area contributed by atoms with Crippen LogP contribution in [0.2, 0.25) is 0 Å². The summed E-state index contributed by atoms with van der Waals surface area (Å²) in [6.45, 7) is 2.05. The van der Waals surface area contributed by atoms with E-state index in [1.807, 2.05) is 42.5 Å². The highest BCUT2D eigenvalue weighted by atomic mass is 16.1. The van der Waals surface area contributed by atoms with Crippen molar-refractivity contribution in [2.45, 2.75) is 19.3 Å². The Kier molecular flexibility index (Phi) is 4.56. The number of pyridine rings is 1. The van der Waals surface area contributed by atoms with E-state index in [1.54, 1.807) is 6.07 Å². The lowest BCUT2D eigenvalue weighted by Gasteiger charge is -2.29. The molecule has 2 aromatic carbocycles. The molecule has 1 N–H and O–H groups in total. The highest BCUT2D eigenvalue weighted by Gasteiger charge is 2.16. The quantitative estimate of drug-likeness (QED) is 0.561. The van der Waals surface area contributed by atoms with Crippen molar-refractivity contribution in [1.82, 2.24) is 15.0 Å². The van der Waals surface area contributed by atoms with Crippen LogP contribution in [0.4, 0.5) is 5.82 Å². The average molecular weight is 382 g/mol. The zero-order chi connectivity index (χ0) is 19.6. The van der Waals surface area contributed by atoms with Crippen LogP contribution in [-0.4, -0.2) is 28.0 Å². The van der Waals surface area contributed by atoms with Crippen LogP contribution in [0.1, 0.15) is 30.7 Å². The van der Waals surface area contributed by atoms with E-state index in [9.17, 15) is 4.79 Å². The first-order valence-corrected chi connectivity index (χ1v) is 10.1. The molecule has 0 unspecified atom stereocenters. The molecule has 144 valence electrons. The molecule has 5 rings (SSSR count). The van der Waals surface area contributed by atoms with Gasteiger partial charge in [0, 0.05) is 24.0 Å². The first-order chi connectivity index (χ1) is 14.3. The number of hydrogen-bond donors (Lipinski definition) is 1. The fourth-order valence-electron chi connectivity index (χ4n) is 3.96. The van der Waals surface area contributed by atoms with Gasteiger partial charge in [-0.25, -0.2) is 9.97 Å². The molecule has 0 saturated carbocycles. The van der Waals surface area contributed by atoms with E-state index in [4.69, 9.17) is 4.98 Å². The molecule has 1 saturated heterocycles. The molecule has 0 spiro atoms. The maximum absolute atomic E-state index is 12.3. The molecule has 0 radical (unpaired) electrons. The molecular formula is C24H22N4O. The van der Waals surface area contributed by atoms with Gasteiger partial charge in [-0.15, -0.1) is 0 Å². The van der Waals surface area contributed by atoms with Crippen molar-refractivity contribution in [3.05, 3.63) is 76.3 Å². The topological polar surface area (TPSA) is 61.9 Å². The first-order valence-electron chi connectivity index (χ1n) is 10.1. The standard InChI is InChI=1S/C24H22N4O/c29-24-19-9-3-5-11-21(19)25-22(27-24)13-12-18-16-17-8-2-4-10-20(17)26-23(18)28-14-6-1-7-15-28/h2-5,8-13,16H,1,6-7,14-15H2,(H,25,27,29). The second-order valence-corrected chi connectivity index (χ2v) is 7.44. The van der Waals surface area contributed by atoms with Crippen molar-refractivity contribution >= 4 is 39.8 Å². The van der Waals surface area contributed by atoms with Crippen molar-refractivity contribution < 1.29 is 0 Å². The second kappa shape index (κ2) is 7.51. The van der Waals surface area contributed by atoms with Crippen molar-refractivity contribution in [1.29, 1.82) is 0 Å². The van der Waals surface area contributed by atoms with E-state index in [0.717, 1.165) is 35.4 Å². The van der Waals surface area contributed by atoms with E-state index in [1.165, 1.54) is 19.3 Å². The normalized spacial score (nSPS) is 14.8. The van der Waals surface area contributed by atoms with Gasteiger partial charge in [0.25, 0.3) is 5.56 Å². The van der Waals surface area contributed by atoms with Gasteiger partial charge in [0.15, 0.2) is 0 Å². The number of fused-ring (bicyclic) bond motifs is 2. The Morgan fingerprint density at radius 1 is 0.862 bits per heavy atom. The number of piperidine rings is 1. The van der Waals surface area contributed by atoms with Gasteiger partial charge >= 0.3 is 0 Å². The highest BCUT2D eigenvalue weighted by molar-refractivity contribution is 5.87. The third kappa shape index (κ3) is 3.51. The fourth-order valence-corrected chi connectivity index (χ4v) is 3.96. The number of para-hydroxylation sites is 2. The smallest absolute Gasteiger partial charge is 0.259 e. The fraction of sp³-hybridized carbons (Fsp3) is 0.208. The Morgan fingerprint density at radius 3 is 2.48 bits per heavy atom. The molecule has 1 aliphatic heterocycles. The van der Waals surface area contributed by atoms with Crippen molar-refractivity contribution in [3.63, 3.8) is 0 Å². The van der Waals surface area contributed by atoms with Gasteiger partial charge in [0.05, 0.1) is 16.4 Å². The van der Waals surface area contributed by atoms with Gasteiger partial charge in [-0.1, -0.05) is 30.3 Å².